The van der Waals surface area contributed by atoms with Crippen LogP contribution in [0.25, 0.3) is 0 Å². The van der Waals surface area contributed by atoms with Crippen LogP contribution in [-0.2, 0) is 0 Å². The van der Waals surface area contributed by atoms with Crippen molar-refractivity contribution in [3.8, 4) is 5.75 Å². The second kappa shape index (κ2) is 5.58. The average molecular weight is 315 g/mol. The van der Waals surface area contributed by atoms with E-state index in [-0.39, 0.29) is 17.3 Å². The van der Waals surface area contributed by atoms with Gasteiger partial charge in [0.05, 0.1) is 4.47 Å². The molecular formula is C12H15BrN2O3. The van der Waals surface area contributed by atoms with E-state index in [0.717, 1.165) is 19.4 Å². The van der Waals surface area contributed by atoms with Gasteiger partial charge in [0.25, 0.3) is 0 Å². The zero-order valence-corrected chi connectivity index (χ0v) is 11.4. The van der Waals surface area contributed by atoms with Crippen molar-refractivity contribution < 1.29 is 14.6 Å². The smallest absolute Gasteiger partial charge is 0.341 e. The van der Waals surface area contributed by atoms with Crippen LogP contribution in [0.3, 0.4) is 0 Å². The van der Waals surface area contributed by atoms with Crippen molar-refractivity contribution >= 4 is 27.6 Å². The van der Waals surface area contributed by atoms with Gasteiger partial charge in [-0.3, -0.25) is 0 Å². The normalized spacial score (nSPS) is 18.8. The van der Waals surface area contributed by atoms with Crippen LogP contribution in [0, 0.1) is 0 Å². The molecule has 0 bridgehead atoms. The van der Waals surface area contributed by atoms with E-state index >= 15 is 0 Å². The Labute approximate surface area is 113 Å². The van der Waals surface area contributed by atoms with E-state index in [1.54, 1.807) is 12.1 Å². The number of benzene rings is 1. The molecule has 0 saturated carbocycles. The van der Waals surface area contributed by atoms with E-state index in [2.05, 4.69) is 21.2 Å². The van der Waals surface area contributed by atoms with Gasteiger partial charge in [0.15, 0.2) is 0 Å². The number of carbonyl (C=O) groups is 1. The number of ether oxygens (including phenoxy) is 1. The van der Waals surface area contributed by atoms with Gasteiger partial charge in [-0.2, -0.15) is 0 Å². The Morgan fingerprint density at radius 1 is 1.61 bits per heavy atom. The lowest BCUT2D eigenvalue weighted by atomic mass is 10.1. The Morgan fingerprint density at radius 2 is 2.39 bits per heavy atom. The number of anilines is 1. The quantitative estimate of drug-likeness (QED) is 0.739. The van der Waals surface area contributed by atoms with E-state index in [4.69, 9.17) is 15.6 Å². The van der Waals surface area contributed by atoms with E-state index in [1.807, 2.05) is 0 Å². The Balaban J connectivity index is 2.19. The summed E-state index contributed by atoms with van der Waals surface area (Å²) in [6.45, 7) is 1.43. The SMILES string of the molecule is Nc1ccc(Br)c(OC[C@H]2CCCN2)c1C(=O)O. The highest BCUT2D eigenvalue weighted by molar-refractivity contribution is 9.10. The number of nitrogens with one attached hydrogen (secondary N) is 1. The Hall–Kier alpha value is -1.27. The van der Waals surface area contributed by atoms with Crippen molar-refractivity contribution in [3.63, 3.8) is 0 Å². The van der Waals surface area contributed by atoms with Gasteiger partial charge >= 0.3 is 5.97 Å². The molecule has 0 aliphatic carbocycles. The van der Waals surface area contributed by atoms with Crippen LogP contribution in [0.15, 0.2) is 16.6 Å². The van der Waals surface area contributed by atoms with Crippen LogP contribution in [0.2, 0.25) is 0 Å². The molecule has 1 fully saturated rings. The largest absolute Gasteiger partial charge is 0.490 e. The molecule has 2 rings (SSSR count). The maximum atomic E-state index is 11.2. The molecule has 4 N–H and O–H groups in total. The second-order valence-electron chi connectivity index (χ2n) is 4.25. The first kappa shape index (κ1) is 13.2. The third kappa shape index (κ3) is 2.76. The summed E-state index contributed by atoms with van der Waals surface area (Å²) in [6, 6.07) is 3.52. The molecule has 5 nitrogen and oxygen atoms in total. The second-order valence-corrected chi connectivity index (χ2v) is 5.10. The van der Waals surface area contributed by atoms with Crippen LogP contribution in [-0.4, -0.2) is 30.3 Å². The number of rotatable bonds is 4. The Kier molecular flexibility index (Phi) is 4.08. The van der Waals surface area contributed by atoms with Gasteiger partial charge in [0, 0.05) is 11.7 Å². The molecule has 1 atom stereocenters. The summed E-state index contributed by atoms with van der Waals surface area (Å²) < 4.78 is 6.23. The zero-order chi connectivity index (χ0) is 13.1. The van der Waals surface area contributed by atoms with E-state index < -0.39 is 5.97 Å². The zero-order valence-electron chi connectivity index (χ0n) is 9.78. The van der Waals surface area contributed by atoms with Crippen molar-refractivity contribution in [2.24, 2.45) is 0 Å². The van der Waals surface area contributed by atoms with Gasteiger partial charge in [0.1, 0.15) is 17.9 Å². The third-order valence-corrected chi connectivity index (χ3v) is 3.57. The molecular weight excluding hydrogens is 300 g/mol. The summed E-state index contributed by atoms with van der Waals surface area (Å²) in [5.41, 5.74) is 5.90. The molecule has 1 aromatic carbocycles. The number of hydrogen-bond acceptors (Lipinski definition) is 4. The Bertz CT molecular complexity index is 459. The molecule has 18 heavy (non-hydrogen) atoms. The van der Waals surface area contributed by atoms with Gasteiger partial charge in [-0.15, -0.1) is 0 Å². The molecule has 0 spiro atoms. The van der Waals surface area contributed by atoms with Crippen molar-refractivity contribution in [2.75, 3.05) is 18.9 Å². The molecule has 0 unspecified atom stereocenters. The van der Waals surface area contributed by atoms with Crippen molar-refractivity contribution in [3.05, 3.63) is 22.2 Å². The topological polar surface area (TPSA) is 84.6 Å². The highest BCUT2D eigenvalue weighted by Gasteiger charge is 2.21. The monoisotopic (exact) mass is 314 g/mol. The minimum Gasteiger partial charge on any atom is -0.490 e. The van der Waals surface area contributed by atoms with Gasteiger partial charge in [-0.05, 0) is 47.4 Å². The number of aromatic carboxylic acids is 1. The first-order chi connectivity index (χ1) is 8.59. The fourth-order valence-corrected chi connectivity index (χ4v) is 2.46. The fourth-order valence-electron chi connectivity index (χ4n) is 2.02. The van der Waals surface area contributed by atoms with Crippen molar-refractivity contribution in [2.45, 2.75) is 18.9 Å². The lowest BCUT2D eigenvalue weighted by molar-refractivity contribution is 0.0693. The van der Waals surface area contributed by atoms with Crippen LogP contribution in [0.1, 0.15) is 23.2 Å². The van der Waals surface area contributed by atoms with E-state index in [0.29, 0.717) is 16.8 Å². The van der Waals surface area contributed by atoms with E-state index in [1.165, 1.54) is 0 Å². The lowest BCUT2D eigenvalue weighted by Gasteiger charge is -2.16. The number of nitrogens with two attached hydrogens (primary N) is 1. The van der Waals surface area contributed by atoms with Gasteiger partial charge in [-0.1, -0.05) is 0 Å². The van der Waals surface area contributed by atoms with Gasteiger partial charge < -0.3 is 20.9 Å². The maximum Gasteiger partial charge on any atom is 0.341 e. The summed E-state index contributed by atoms with van der Waals surface area (Å²) in [6.07, 6.45) is 2.17. The van der Waals surface area contributed by atoms with Crippen LogP contribution in [0.4, 0.5) is 5.69 Å². The highest BCUT2D eigenvalue weighted by atomic mass is 79.9. The molecule has 1 aromatic rings. The lowest BCUT2D eigenvalue weighted by Crippen LogP contribution is -2.28. The summed E-state index contributed by atoms with van der Waals surface area (Å²) in [5, 5.41) is 12.5. The molecule has 0 amide bonds. The first-order valence-electron chi connectivity index (χ1n) is 5.77. The average Bonchev–Trinajstić information content (AvgIpc) is 2.82. The fraction of sp³-hybridized carbons (Fsp3) is 0.417. The number of nitrogen functional groups attached to an aromatic ring is 1. The summed E-state index contributed by atoms with van der Waals surface area (Å²) in [7, 11) is 0. The van der Waals surface area contributed by atoms with Crippen LogP contribution in [0.5, 0.6) is 5.75 Å². The molecule has 0 radical (unpaired) electrons. The standard InChI is InChI=1S/C12H15BrN2O3/c13-8-3-4-9(14)10(12(16)17)11(8)18-6-7-2-1-5-15-7/h3-4,7,15H,1-2,5-6,14H2,(H,16,17)/t7-/m1/s1. The maximum absolute atomic E-state index is 11.2. The summed E-state index contributed by atoms with van der Waals surface area (Å²) >= 11 is 3.29. The molecule has 1 heterocycles. The summed E-state index contributed by atoms with van der Waals surface area (Å²) in [4.78, 5) is 11.2. The Morgan fingerprint density at radius 3 is 3.00 bits per heavy atom. The van der Waals surface area contributed by atoms with Crippen molar-refractivity contribution in [1.82, 2.24) is 5.32 Å². The third-order valence-electron chi connectivity index (χ3n) is 2.95. The molecule has 1 aliphatic rings. The minimum atomic E-state index is -1.08. The van der Waals surface area contributed by atoms with Gasteiger partial charge in [-0.25, -0.2) is 4.79 Å². The predicted octanol–water partition coefficient (Wildman–Crippen LogP) is 1.86. The van der Waals surface area contributed by atoms with Crippen LogP contribution >= 0.6 is 15.9 Å². The minimum absolute atomic E-state index is 0.0161. The molecule has 98 valence electrons. The van der Waals surface area contributed by atoms with Gasteiger partial charge in [0.2, 0.25) is 0 Å². The number of carboxylic acids is 1. The molecule has 0 aromatic heterocycles. The first-order valence-corrected chi connectivity index (χ1v) is 6.56. The number of halogens is 1. The molecule has 1 saturated heterocycles. The van der Waals surface area contributed by atoms with Crippen LogP contribution < -0.4 is 15.8 Å². The molecule has 1 aliphatic heterocycles. The predicted molar refractivity (Wildman–Crippen MR) is 72.0 cm³/mol. The molecule has 6 heteroatoms. The van der Waals surface area contributed by atoms with E-state index in [9.17, 15) is 4.79 Å². The summed E-state index contributed by atoms with van der Waals surface area (Å²) in [5.74, 6) is -0.778. The highest BCUT2D eigenvalue weighted by Crippen LogP contribution is 2.33. The number of carboxylic acid groups (broad SMARTS) is 1. The van der Waals surface area contributed by atoms with Crippen molar-refractivity contribution in [1.29, 1.82) is 0 Å². The number of hydrogen-bond donors (Lipinski definition) is 3.